The molecule has 2 heterocycles. The zero-order valence-electron chi connectivity index (χ0n) is 29.8. The highest BCUT2D eigenvalue weighted by Crippen LogP contribution is 2.46. The van der Waals surface area contributed by atoms with E-state index in [1.165, 1.54) is 90.2 Å². The first kappa shape index (κ1) is 32.0. The smallest absolute Gasteiger partial charge is 0.0640 e. The van der Waals surface area contributed by atoms with Crippen LogP contribution in [-0.2, 0) is 0 Å². The maximum atomic E-state index is 2.44. The second-order valence-electron chi connectivity index (χ2n) is 14.1. The van der Waals surface area contributed by atoms with Crippen molar-refractivity contribution in [3.63, 3.8) is 0 Å². The van der Waals surface area contributed by atoms with Crippen LogP contribution >= 0.6 is 22.7 Å². The van der Waals surface area contributed by atoms with Crippen molar-refractivity contribution in [1.29, 1.82) is 0 Å². The second-order valence-corrected chi connectivity index (χ2v) is 16.2. The molecule has 0 saturated heterocycles. The van der Waals surface area contributed by atoms with Gasteiger partial charge in [0.15, 0.2) is 0 Å². The van der Waals surface area contributed by atoms with Crippen molar-refractivity contribution in [2.24, 2.45) is 0 Å². The largest absolute Gasteiger partial charge is 0.309 e. The molecule has 0 aliphatic heterocycles. The van der Waals surface area contributed by atoms with Gasteiger partial charge in [-0.3, -0.25) is 0 Å². The van der Waals surface area contributed by atoms with Gasteiger partial charge in [0.25, 0.3) is 0 Å². The summed E-state index contributed by atoms with van der Waals surface area (Å²) >= 11 is 3.75. The Kier molecular flexibility index (Phi) is 7.61. The monoisotopic (exact) mass is 735 g/mol. The van der Waals surface area contributed by atoms with Gasteiger partial charge in [-0.1, -0.05) is 152 Å². The van der Waals surface area contributed by atoms with Crippen LogP contribution < -0.4 is 4.90 Å². The maximum absolute atomic E-state index is 2.44. The molecule has 0 aliphatic carbocycles. The molecule has 55 heavy (non-hydrogen) atoms. The lowest BCUT2D eigenvalue weighted by atomic mass is 9.95. The molecule has 0 aliphatic rings. The van der Waals surface area contributed by atoms with Crippen LogP contribution in [0.2, 0.25) is 0 Å². The molecule has 11 rings (SSSR count). The minimum atomic E-state index is 1.12. The fraction of sp³-hybridized carbons (Fsp3) is 0. The van der Waals surface area contributed by atoms with Crippen LogP contribution in [0.1, 0.15) is 0 Å². The Morgan fingerprint density at radius 1 is 0.309 bits per heavy atom. The summed E-state index contributed by atoms with van der Waals surface area (Å²) in [7, 11) is 0. The van der Waals surface area contributed by atoms with E-state index in [1.54, 1.807) is 0 Å². The third-order valence-electron chi connectivity index (χ3n) is 10.9. The quantitative estimate of drug-likeness (QED) is 0.164. The molecule has 1 nitrogen and oxygen atoms in total. The van der Waals surface area contributed by atoms with Crippen molar-refractivity contribution in [2.45, 2.75) is 0 Å². The number of fused-ring (bicyclic) bond motifs is 7. The number of rotatable bonds is 6. The summed E-state index contributed by atoms with van der Waals surface area (Å²) in [5.74, 6) is 0. The number of anilines is 3. The lowest BCUT2D eigenvalue weighted by molar-refractivity contribution is 1.30. The van der Waals surface area contributed by atoms with Gasteiger partial charge >= 0.3 is 0 Å². The zero-order chi connectivity index (χ0) is 36.3. The molecule has 0 atom stereocenters. The number of benzene rings is 9. The van der Waals surface area contributed by atoms with E-state index >= 15 is 0 Å². The molecule has 0 saturated carbocycles. The first-order chi connectivity index (χ1) is 27.3. The number of thiophene rings is 2. The highest BCUT2D eigenvalue weighted by atomic mass is 32.1. The number of hydrogen-bond donors (Lipinski definition) is 0. The normalized spacial score (nSPS) is 11.6. The Balaban J connectivity index is 1.06. The summed E-state index contributed by atoms with van der Waals surface area (Å²) in [6.07, 6.45) is 0. The van der Waals surface area contributed by atoms with Crippen molar-refractivity contribution in [3.8, 4) is 33.4 Å². The van der Waals surface area contributed by atoms with Gasteiger partial charge in [0, 0.05) is 47.0 Å². The highest BCUT2D eigenvalue weighted by Gasteiger charge is 2.19. The Morgan fingerprint density at radius 3 is 1.65 bits per heavy atom. The van der Waals surface area contributed by atoms with E-state index in [1.807, 2.05) is 22.7 Å². The fourth-order valence-electron chi connectivity index (χ4n) is 8.27. The molecule has 0 bridgehead atoms. The van der Waals surface area contributed by atoms with Crippen molar-refractivity contribution >= 4 is 90.9 Å². The average Bonchev–Trinajstić information content (AvgIpc) is 3.83. The predicted octanol–water partition coefficient (Wildman–Crippen LogP) is 16.0. The van der Waals surface area contributed by atoms with Crippen LogP contribution in [0.15, 0.2) is 200 Å². The van der Waals surface area contributed by atoms with Crippen LogP contribution in [0.3, 0.4) is 0 Å². The summed E-state index contributed by atoms with van der Waals surface area (Å²) in [6, 6.07) is 73.4. The topological polar surface area (TPSA) is 3.24 Å². The molecule has 11 aromatic rings. The molecule has 3 heteroatoms. The molecule has 0 spiro atoms. The lowest BCUT2D eigenvalue weighted by Gasteiger charge is -2.27. The lowest BCUT2D eigenvalue weighted by Crippen LogP contribution is -2.10. The van der Waals surface area contributed by atoms with E-state index in [0.29, 0.717) is 0 Å². The maximum Gasteiger partial charge on any atom is 0.0640 e. The van der Waals surface area contributed by atoms with E-state index in [9.17, 15) is 0 Å². The fourth-order valence-corrected chi connectivity index (χ4v) is 10.7. The SMILES string of the molecule is c1cc(-c2cccc(N(c3ccc(-c4cccc5c4sc4ccccc45)cc3)c3cccc4c3sc3ccccc34)c2)cc(-c2cccc3ccccc23)c1. The van der Waals surface area contributed by atoms with Crippen molar-refractivity contribution < 1.29 is 0 Å². The van der Waals surface area contributed by atoms with Gasteiger partial charge in [-0.25, -0.2) is 0 Å². The molecule has 0 amide bonds. The summed E-state index contributed by atoms with van der Waals surface area (Å²) < 4.78 is 5.25. The molecule has 0 unspecified atom stereocenters. The van der Waals surface area contributed by atoms with Crippen LogP contribution in [0.5, 0.6) is 0 Å². The van der Waals surface area contributed by atoms with Crippen molar-refractivity contribution in [1.82, 2.24) is 0 Å². The van der Waals surface area contributed by atoms with Gasteiger partial charge in [0.2, 0.25) is 0 Å². The summed E-state index contributed by atoms with van der Waals surface area (Å²) in [6.45, 7) is 0. The molecule has 9 aromatic carbocycles. The van der Waals surface area contributed by atoms with Gasteiger partial charge in [-0.05, 0) is 92.7 Å². The predicted molar refractivity (Wildman–Crippen MR) is 241 cm³/mol. The Bertz CT molecular complexity index is 3220. The minimum Gasteiger partial charge on any atom is -0.309 e. The highest BCUT2D eigenvalue weighted by molar-refractivity contribution is 7.26. The van der Waals surface area contributed by atoms with Crippen molar-refractivity contribution in [2.75, 3.05) is 4.90 Å². The van der Waals surface area contributed by atoms with Gasteiger partial charge in [0.05, 0.1) is 10.4 Å². The van der Waals surface area contributed by atoms with Crippen molar-refractivity contribution in [3.05, 3.63) is 200 Å². The van der Waals surface area contributed by atoms with Gasteiger partial charge in [0.1, 0.15) is 0 Å². The molecule has 0 N–H and O–H groups in total. The molecule has 2 aromatic heterocycles. The zero-order valence-corrected chi connectivity index (χ0v) is 31.4. The molecular formula is C52H33NS2. The van der Waals surface area contributed by atoms with E-state index < -0.39 is 0 Å². The Morgan fingerprint density at radius 2 is 0.855 bits per heavy atom. The Hall–Kier alpha value is -6.52. The van der Waals surface area contributed by atoms with E-state index in [0.717, 1.165) is 11.4 Å². The number of hydrogen-bond acceptors (Lipinski definition) is 3. The second kappa shape index (κ2) is 13.1. The molecule has 258 valence electrons. The van der Waals surface area contributed by atoms with E-state index in [2.05, 4.69) is 205 Å². The third kappa shape index (κ3) is 5.43. The summed E-state index contributed by atoms with van der Waals surface area (Å²) in [5.41, 5.74) is 10.8. The first-order valence-corrected chi connectivity index (χ1v) is 20.3. The van der Waals surface area contributed by atoms with Gasteiger partial charge < -0.3 is 4.90 Å². The Labute approximate surface area is 327 Å². The van der Waals surface area contributed by atoms with E-state index in [-0.39, 0.29) is 0 Å². The van der Waals surface area contributed by atoms with Crippen LogP contribution in [-0.4, -0.2) is 0 Å². The van der Waals surface area contributed by atoms with Gasteiger partial charge in [-0.2, -0.15) is 0 Å². The van der Waals surface area contributed by atoms with E-state index in [4.69, 9.17) is 0 Å². The van der Waals surface area contributed by atoms with Crippen LogP contribution in [0.4, 0.5) is 17.1 Å². The summed E-state index contributed by atoms with van der Waals surface area (Å²) in [5, 5.41) is 7.76. The third-order valence-corrected chi connectivity index (χ3v) is 13.3. The number of nitrogens with zero attached hydrogens (tertiary/aromatic N) is 1. The molecule has 0 radical (unpaired) electrons. The minimum absolute atomic E-state index is 1.12. The standard InChI is InChI=1S/C52H33NS2/c1-2-18-41-34(12-1)13-9-21-42(41)38-16-7-14-36(32-38)37-15-8-17-40(33-37)53(48-25-11-24-47-45-20-4-6-27-50(45)55-52(47)48)39-30-28-35(29-31-39)43-22-10-23-46-44-19-3-5-26-49(44)54-51(43)46/h1-33H. The van der Waals surface area contributed by atoms with Crippen LogP contribution in [0.25, 0.3) is 84.5 Å². The molecule has 0 fully saturated rings. The van der Waals surface area contributed by atoms with Crippen LogP contribution in [0, 0.1) is 0 Å². The van der Waals surface area contributed by atoms with Gasteiger partial charge in [-0.15, -0.1) is 22.7 Å². The average molecular weight is 736 g/mol. The first-order valence-electron chi connectivity index (χ1n) is 18.7. The summed E-state index contributed by atoms with van der Waals surface area (Å²) in [4.78, 5) is 2.44. The molecular weight excluding hydrogens is 703 g/mol.